The molecule has 2 aromatic rings. The SMILES string of the molecule is CN(C)CCCNc1ccc(C(=O)Nc2ccc(C#N)cc2)cn1. The first kappa shape index (κ1) is 17.4. The van der Waals surface area contributed by atoms with Crippen LogP contribution in [0.2, 0.25) is 0 Å². The topological polar surface area (TPSA) is 81.0 Å². The largest absolute Gasteiger partial charge is 0.370 e. The van der Waals surface area contributed by atoms with Gasteiger partial charge in [0, 0.05) is 18.4 Å². The second-order valence-corrected chi connectivity index (χ2v) is 5.66. The minimum atomic E-state index is -0.230. The molecule has 124 valence electrons. The van der Waals surface area contributed by atoms with Gasteiger partial charge in [0.05, 0.1) is 17.2 Å². The lowest BCUT2D eigenvalue weighted by molar-refractivity contribution is 0.102. The number of nitrogens with zero attached hydrogens (tertiary/aromatic N) is 3. The Morgan fingerprint density at radius 2 is 1.96 bits per heavy atom. The summed E-state index contributed by atoms with van der Waals surface area (Å²) in [6.45, 7) is 1.85. The molecule has 0 bridgehead atoms. The van der Waals surface area contributed by atoms with E-state index in [0.717, 1.165) is 25.3 Å². The van der Waals surface area contributed by atoms with Crippen molar-refractivity contribution in [2.75, 3.05) is 37.8 Å². The third kappa shape index (κ3) is 5.38. The summed E-state index contributed by atoms with van der Waals surface area (Å²) in [5.41, 5.74) is 1.68. The molecule has 0 saturated carbocycles. The van der Waals surface area contributed by atoms with E-state index in [9.17, 15) is 4.79 Å². The molecule has 6 heteroatoms. The average Bonchev–Trinajstić information content (AvgIpc) is 2.59. The van der Waals surface area contributed by atoms with E-state index in [1.54, 1.807) is 42.6 Å². The molecule has 6 nitrogen and oxygen atoms in total. The van der Waals surface area contributed by atoms with Crippen LogP contribution in [0.25, 0.3) is 0 Å². The van der Waals surface area contributed by atoms with E-state index < -0.39 is 0 Å². The lowest BCUT2D eigenvalue weighted by Gasteiger charge is -2.10. The van der Waals surface area contributed by atoms with E-state index in [1.165, 1.54) is 0 Å². The monoisotopic (exact) mass is 323 g/mol. The number of nitrogens with one attached hydrogen (secondary N) is 2. The number of aromatic nitrogens is 1. The highest BCUT2D eigenvalue weighted by Crippen LogP contribution is 2.12. The molecule has 1 heterocycles. The normalized spacial score (nSPS) is 10.2. The summed E-state index contributed by atoms with van der Waals surface area (Å²) in [6.07, 6.45) is 2.57. The molecule has 1 aromatic heterocycles. The lowest BCUT2D eigenvalue weighted by Crippen LogP contribution is -2.17. The van der Waals surface area contributed by atoms with Crippen molar-refractivity contribution in [1.82, 2.24) is 9.88 Å². The van der Waals surface area contributed by atoms with Gasteiger partial charge < -0.3 is 15.5 Å². The van der Waals surface area contributed by atoms with Crippen LogP contribution < -0.4 is 10.6 Å². The van der Waals surface area contributed by atoms with E-state index in [4.69, 9.17) is 5.26 Å². The van der Waals surface area contributed by atoms with Crippen LogP contribution >= 0.6 is 0 Å². The van der Waals surface area contributed by atoms with Gasteiger partial charge in [-0.1, -0.05) is 0 Å². The number of carbonyl (C=O) groups is 1. The first-order valence-corrected chi connectivity index (χ1v) is 7.74. The maximum absolute atomic E-state index is 12.2. The minimum absolute atomic E-state index is 0.230. The standard InChI is InChI=1S/C18H21N5O/c1-23(2)11-3-10-20-17-9-6-15(13-21-17)18(24)22-16-7-4-14(12-19)5-8-16/h4-9,13H,3,10-11H2,1-2H3,(H,20,21)(H,22,24). The Morgan fingerprint density at radius 1 is 1.21 bits per heavy atom. The summed E-state index contributed by atoms with van der Waals surface area (Å²) in [5, 5.41) is 14.8. The van der Waals surface area contributed by atoms with Gasteiger partial charge in [-0.3, -0.25) is 4.79 Å². The summed E-state index contributed by atoms with van der Waals surface area (Å²) in [5.74, 6) is 0.523. The number of anilines is 2. The van der Waals surface area contributed by atoms with Gasteiger partial charge in [0.1, 0.15) is 5.82 Å². The number of amides is 1. The fourth-order valence-corrected chi connectivity index (χ4v) is 2.08. The Balaban J connectivity index is 1.87. The maximum Gasteiger partial charge on any atom is 0.257 e. The Hall–Kier alpha value is -2.91. The van der Waals surface area contributed by atoms with Crippen molar-refractivity contribution in [3.63, 3.8) is 0 Å². The summed E-state index contributed by atoms with van der Waals surface area (Å²) in [4.78, 5) is 18.6. The van der Waals surface area contributed by atoms with Crippen LogP contribution in [0.1, 0.15) is 22.3 Å². The van der Waals surface area contributed by atoms with Crippen LogP contribution in [-0.2, 0) is 0 Å². The van der Waals surface area contributed by atoms with Crippen LogP contribution in [0.4, 0.5) is 11.5 Å². The number of nitriles is 1. The molecule has 0 unspecified atom stereocenters. The Morgan fingerprint density at radius 3 is 2.54 bits per heavy atom. The quantitative estimate of drug-likeness (QED) is 0.765. The number of pyridine rings is 1. The summed E-state index contributed by atoms with van der Waals surface area (Å²) >= 11 is 0. The van der Waals surface area contributed by atoms with Crippen molar-refractivity contribution in [2.45, 2.75) is 6.42 Å². The van der Waals surface area contributed by atoms with Crippen molar-refractivity contribution in [3.8, 4) is 6.07 Å². The third-order valence-electron chi connectivity index (χ3n) is 3.39. The number of benzene rings is 1. The van der Waals surface area contributed by atoms with Crippen molar-refractivity contribution in [2.24, 2.45) is 0 Å². The second-order valence-electron chi connectivity index (χ2n) is 5.66. The van der Waals surface area contributed by atoms with Crippen LogP contribution in [0, 0.1) is 11.3 Å². The van der Waals surface area contributed by atoms with Gasteiger partial charge in [0.2, 0.25) is 0 Å². The summed E-state index contributed by atoms with van der Waals surface area (Å²) in [6, 6.07) is 12.3. The molecule has 0 spiro atoms. The highest BCUT2D eigenvalue weighted by Gasteiger charge is 2.07. The van der Waals surface area contributed by atoms with E-state index in [-0.39, 0.29) is 5.91 Å². The Bertz CT molecular complexity index is 702. The molecule has 1 amide bonds. The highest BCUT2D eigenvalue weighted by molar-refractivity contribution is 6.04. The van der Waals surface area contributed by atoms with Gasteiger partial charge in [-0.05, 0) is 63.5 Å². The fraction of sp³-hybridized carbons (Fsp3) is 0.278. The first-order valence-electron chi connectivity index (χ1n) is 7.74. The molecule has 0 fully saturated rings. The molecule has 1 aromatic carbocycles. The third-order valence-corrected chi connectivity index (χ3v) is 3.39. The molecule has 0 aliphatic carbocycles. The molecule has 0 atom stereocenters. The van der Waals surface area contributed by atoms with Crippen molar-refractivity contribution < 1.29 is 4.79 Å². The molecule has 0 radical (unpaired) electrons. The molecular weight excluding hydrogens is 302 g/mol. The Kier molecular flexibility index (Phi) is 6.29. The van der Waals surface area contributed by atoms with Crippen LogP contribution in [-0.4, -0.2) is 43.0 Å². The number of hydrogen-bond donors (Lipinski definition) is 2. The van der Waals surface area contributed by atoms with Crippen LogP contribution in [0.3, 0.4) is 0 Å². The molecule has 2 N–H and O–H groups in total. The van der Waals surface area contributed by atoms with E-state index in [2.05, 4.69) is 20.5 Å². The number of carbonyl (C=O) groups excluding carboxylic acids is 1. The van der Waals surface area contributed by atoms with Crippen LogP contribution in [0.15, 0.2) is 42.6 Å². The van der Waals surface area contributed by atoms with Gasteiger partial charge in [-0.15, -0.1) is 0 Å². The first-order chi connectivity index (χ1) is 11.6. The summed E-state index contributed by atoms with van der Waals surface area (Å²) in [7, 11) is 4.08. The zero-order valence-electron chi connectivity index (χ0n) is 13.9. The average molecular weight is 323 g/mol. The predicted molar refractivity (Wildman–Crippen MR) is 95.0 cm³/mol. The Labute approximate surface area is 142 Å². The zero-order valence-corrected chi connectivity index (χ0v) is 13.9. The molecule has 0 aliphatic rings. The van der Waals surface area contributed by atoms with Gasteiger partial charge in [-0.25, -0.2) is 4.98 Å². The van der Waals surface area contributed by atoms with Gasteiger partial charge >= 0.3 is 0 Å². The van der Waals surface area contributed by atoms with E-state index in [0.29, 0.717) is 16.8 Å². The highest BCUT2D eigenvalue weighted by atomic mass is 16.1. The smallest absolute Gasteiger partial charge is 0.257 e. The lowest BCUT2D eigenvalue weighted by atomic mass is 10.2. The van der Waals surface area contributed by atoms with Crippen LogP contribution in [0.5, 0.6) is 0 Å². The summed E-state index contributed by atoms with van der Waals surface area (Å²) < 4.78 is 0. The zero-order chi connectivity index (χ0) is 17.4. The molecular formula is C18H21N5O. The predicted octanol–water partition coefficient (Wildman–Crippen LogP) is 2.57. The maximum atomic E-state index is 12.2. The van der Waals surface area contributed by atoms with Crippen molar-refractivity contribution in [3.05, 3.63) is 53.7 Å². The minimum Gasteiger partial charge on any atom is -0.370 e. The fourth-order valence-electron chi connectivity index (χ4n) is 2.08. The van der Waals surface area contributed by atoms with E-state index >= 15 is 0 Å². The number of rotatable bonds is 7. The molecule has 24 heavy (non-hydrogen) atoms. The molecule has 0 aliphatic heterocycles. The second kappa shape index (κ2) is 8.65. The number of hydrogen-bond acceptors (Lipinski definition) is 5. The van der Waals surface area contributed by atoms with Gasteiger partial charge in [0.25, 0.3) is 5.91 Å². The van der Waals surface area contributed by atoms with Crippen molar-refractivity contribution >= 4 is 17.4 Å². The van der Waals surface area contributed by atoms with Gasteiger partial charge in [-0.2, -0.15) is 5.26 Å². The molecule has 2 rings (SSSR count). The van der Waals surface area contributed by atoms with E-state index in [1.807, 2.05) is 20.2 Å². The van der Waals surface area contributed by atoms with Crippen molar-refractivity contribution in [1.29, 1.82) is 5.26 Å². The van der Waals surface area contributed by atoms with Gasteiger partial charge in [0.15, 0.2) is 0 Å². The molecule has 0 saturated heterocycles.